The molecule has 1 N–H and O–H groups in total. The summed E-state index contributed by atoms with van der Waals surface area (Å²) in [5.41, 5.74) is -0.565. The van der Waals surface area contributed by atoms with Crippen molar-refractivity contribution in [2.75, 3.05) is 23.0 Å². The summed E-state index contributed by atoms with van der Waals surface area (Å²) in [4.78, 5) is 17.8. The van der Waals surface area contributed by atoms with Crippen LogP contribution in [0.3, 0.4) is 0 Å². The Morgan fingerprint density at radius 1 is 1.25 bits per heavy atom. The van der Waals surface area contributed by atoms with E-state index >= 15 is 0 Å². The van der Waals surface area contributed by atoms with E-state index in [1.807, 2.05) is 5.38 Å². The molecule has 1 aromatic carbocycles. The number of ether oxygens (including phenoxy) is 1. The van der Waals surface area contributed by atoms with Gasteiger partial charge < -0.3 is 14.7 Å². The molecule has 32 heavy (non-hydrogen) atoms. The lowest BCUT2D eigenvalue weighted by atomic mass is 9.94. The van der Waals surface area contributed by atoms with Crippen molar-refractivity contribution in [3.05, 3.63) is 35.8 Å². The molecule has 172 valence electrons. The molecule has 4 rings (SSSR count). The zero-order valence-corrected chi connectivity index (χ0v) is 18.1. The monoisotopic (exact) mass is 468 g/mol. The van der Waals surface area contributed by atoms with Crippen LogP contribution in [0.5, 0.6) is 5.75 Å². The van der Waals surface area contributed by atoms with Crippen molar-refractivity contribution < 1.29 is 27.8 Å². The Bertz CT molecular complexity index is 958. The predicted molar refractivity (Wildman–Crippen MR) is 116 cm³/mol. The molecule has 0 aliphatic carbocycles. The summed E-state index contributed by atoms with van der Waals surface area (Å²) in [5.74, 6) is -1.61. The Labute approximate surface area is 187 Å². The van der Waals surface area contributed by atoms with Gasteiger partial charge in [-0.2, -0.15) is 18.3 Å². The van der Waals surface area contributed by atoms with Crippen molar-refractivity contribution in [2.24, 2.45) is 11.0 Å². The number of aliphatic carboxylic acids is 1. The Morgan fingerprint density at radius 3 is 2.50 bits per heavy atom. The highest BCUT2D eigenvalue weighted by atomic mass is 32.1. The minimum Gasteiger partial charge on any atom is -0.490 e. The van der Waals surface area contributed by atoms with Crippen LogP contribution < -0.4 is 14.6 Å². The molecular weight excluding hydrogens is 445 g/mol. The van der Waals surface area contributed by atoms with E-state index in [-0.39, 0.29) is 6.10 Å². The molecule has 2 aliphatic rings. The van der Waals surface area contributed by atoms with Crippen LogP contribution in [-0.2, 0) is 4.79 Å². The van der Waals surface area contributed by atoms with E-state index in [1.54, 1.807) is 41.8 Å². The summed E-state index contributed by atoms with van der Waals surface area (Å²) in [6, 6.07) is 5.69. The molecule has 2 unspecified atom stereocenters. The summed E-state index contributed by atoms with van der Waals surface area (Å²) in [6.07, 6.45) is -1.55. The van der Waals surface area contributed by atoms with Gasteiger partial charge in [-0.3, -0.25) is 9.80 Å². The third kappa shape index (κ3) is 4.82. The highest BCUT2D eigenvalue weighted by Gasteiger charge is 2.48. The van der Waals surface area contributed by atoms with Crippen LogP contribution in [0.2, 0.25) is 0 Å². The van der Waals surface area contributed by atoms with Crippen molar-refractivity contribution in [3.8, 4) is 5.75 Å². The molecular formula is C21H23F3N4O3S. The number of thiazole rings is 1. The molecule has 1 aromatic heterocycles. The average molecular weight is 469 g/mol. The van der Waals surface area contributed by atoms with Crippen LogP contribution in [0.1, 0.15) is 26.2 Å². The highest BCUT2D eigenvalue weighted by molar-refractivity contribution is 7.13. The number of nitrogens with zero attached hydrogens (tertiary/aromatic N) is 4. The van der Waals surface area contributed by atoms with Gasteiger partial charge in [0, 0.05) is 43.4 Å². The number of rotatable bonds is 6. The second kappa shape index (κ2) is 8.97. The first-order chi connectivity index (χ1) is 15.2. The average Bonchev–Trinajstić information content (AvgIpc) is 3.38. The lowest BCUT2D eigenvalue weighted by Gasteiger charge is -2.32. The summed E-state index contributed by atoms with van der Waals surface area (Å²) >= 11 is 1.61. The maximum absolute atomic E-state index is 13.3. The van der Waals surface area contributed by atoms with Crippen molar-refractivity contribution in [1.82, 2.24) is 4.98 Å². The highest BCUT2D eigenvalue weighted by Crippen LogP contribution is 2.37. The minimum absolute atomic E-state index is 0.0403. The topological polar surface area (TPSA) is 78.3 Å². The number of hydrazone groups is 1. The molecule has 2 aliphatic heterocycles. The van der Waals surface area contributed by atoms with Gasteiger partial charge in [-0.05, 0) is 24.3 Å². The number of benzene rings is 1. The molecule has 0 spiro atoms. The number of hydrogen-bond donors (Lipinski definition) is 1. The Hall–Kier alpha value is -2.82. The summed E-state index contributed by atoms with van der Waals surface area (Å²) in [5, 5.41) is 17.0. The molecule has 11 heteroatoms. The van der Waals surface area contributed by atoms with Gasteiger partial charge in [0.2, 0.25) is 0 Å². The number of piperidine rings is 1. The zero-order chi connectivity index (χ0) is 22.9. The third-order valence-corrected chi connectivity index (χ3v) is 6.58. The van der Waals surface area contributed by atoms with Crippen molar-refractivity contribution >= 4 is 33.8 Å². The standard InChI is InChI=1S/C21H23F3N4O3S/c1-13-17(12-18(29)30)28(26-19(13)21(22,23)24)14-2-4-15(5-3-14)31-16-6-9-27(10-7-16)20-25-8-11-32-20/h2-5,8,11,13,16-17H,6-7,9-10,12H2,1H3,(H,29,30). The molecule has 1 saturated heterocycles. The second-order valence-corrected chi connectivity index (χ2v) is 8.77. The van der Waals surface area contributed by atoms with E-state index in [4.69, 9.17) is 9.84 Å². The summed E-state index contributed by atoms with van der Waals surface area (Å²) in [7, 11) is 0. The lowest BCUT2D eigenvalue weighted by Crippen LogP contribution is -2.38. The molecule has 2 aromatic rings. The minimum atomic E-state index is -4.61. The van der Waals surface area contributed by atoms with Gasteiger partial charge in [-0.1, -0.05) is 6.92 Å². The second-order valence-electron chi connectivity index (χ2n) is 7.89. The number of halogens is 3. The molecule has 7 nitrogen and oxygen atoms in total. The number of aromatic nitrogens is 1. The normalized spacial score (nSPS) is 22.2. The first kappa shape index (κ1) is 22.4. The fourth-order valence-electron chi connectivity index (χ4n) is 4.09. The van der Waals surface area contributed by atoms with Crippen molar-refractivity contribution in [3.63, 3.8) is 0 Å². The predicted octanol–water partition coefficient (Wildman–Crippen LogP) is 4.41. The van der Waals surface area contributed by atoms with Crippen LogP contribution in [0.4, 0.5) is 24.0 Å². The number of carbonyl (C=O) groups is 1. The van der Waals surface area contributed by atoms with Crippen LogP contribution >= 0.6 is 11.3 Å². The Balaban J connectivity index is 1.42. The zero-order valence-electron chi connectivity index (χ0n) is 17.3. The number of carboxylic acids is 1. The molecule has 0 bridgehead atoms. The molecule has 0 amide bonds. The van der Waals surface area contributed by atoms with Crippen molar-refractivity contribution in [2.45, 2.75) is 44.5 Å². The molecule has 1 fully saturated rings. The third-order valence-electron chi connectivity index (χ3n) is 5.75. The first-order valence-corrected chi connectivity index (χ1v) is 11.2. The number of alkyl halides is 3. The van der Waals surface area contributed by atoms with Gasteiger partial charge in [0.1, 0.15) is 17.6 Å². The summed E-state index contributed by atoms with van der Waals surface area (Å²) in [6.45, 7) is 3.04. The van der Waals surface area contributed by atoms with Crippen LogP contribution in [0.25, 0.3) is 0 Å². The SMILES string of the molecule is CC1C(C(F)(F)F)=NN(c2ccc(OC3CCN(c4nccs4)CC3)cc2)C1CC(=O)O. The largest absolute Gasteiger partial charge is 0.490 e. The molecule has 3 heterocycles. The van der Waals surface area contributed by atoms with Crippen molar-refractivity contribution in [1.29, 1.82) is 0 Å². The lowest BCUT2D eigenvalue weighted by molar-refractivity contribution is -0.137. The van der Waals surface area contributed by atoms with E-state index in [1.165, 1.54) is 6.92 Å². The number of anilines is 2. The smallest absolute Gasteiger partial charge is 0.431 e. The summed E-state index contributed by atoms with van der Waals surface area (Å²) < 4.78 is 46.0. The van der Waals surface area contributed by atoms with Gasteiger partial charge in [0.05, 0.1) is 18.2 Å². The van der Waals surface area contributed by atoms with Gasteiger partial charge >= 0.3 is 12.1 Å². The number of carboxylic acid groups (broad SMARTS) is 1. The molecule has 0 saturated carbocycles. The van der Waals surface area contributed by atoms with Gasteiger partial charge in [-0.25, -0.2) is 4.98 Å². The molecule has 2 atom stereocenters. The van der Waals surface area contributed by atoms with E-state index in [2.05, 4.69) is 15.0 Å². The Kier molecular flexibility index (Phi) is 6.27. The van der Waals surface area contributed by atoms with Gasteiger partial charge in [0.15, 0.2) is 5.13 Å². The van der Waals surface area contributed by atoms with E-state index in [9.17, 15) is 18.0 Å². The van der Waals surface area contributed by atoms with E-state index in [0.717, 1.165) is 36.1 Å². The van der Waals surface area contributed by atoms with Crippen LogP contribution in [0.15, 0.2) is 40.9 Å². The fourth-order valence-corrected chi connectivity index (χ4v) is 4.79. The van der Waals surface area contributed by atoms with Gasteiger partial charge in [0.25, 0.3) is 0 Å². The van der Waals surface area contributed by atoms with Gasteiger partial charge in [-0.15, -0.1) is 11.3 Å². The first-order valence-electron chi connectivity index (χ1n) is 10.3. The Morgan fingerprint density at radius 2 is 1.94 bits per heavy atom. The fraction of sp³-hybridized carbons (Fsp3) is 0.476. The maximum atomic E-state index is 13.3. The maximum Gasteiger partial charge on any atom is 0.431 e. The molecule has 0 radical (unpaired) electrons. The van der Waals surface area contributed by atoms with E-state index in [0.29, 0.717) is 11.4 Å². The number of hydrogen-bond acceptors (Lipinski definition) is 7. The quantitative estimate of drug-likeness (QED) is 0.677. The van der Waals surface area contributed by atoms with E-state index < -0.39 is 36.2 Å². The van der Waals surface area contributed by atoms with Crippen LogP contribution in [0, 0.1) is 5.92 Å². The van der Waals surface area contributed by atoms with Crippen LogP contribution in [-0.4, -0.2) is 53.2 Å².